The first-order valence-corrected chi connectivity index (χ1v) is 10.4. The molecule has 0 aromatic carbocycles. The molecule has 172 valence electrons. The Morgan fingerprint density at radius 1 is 0.800 bits per heavy atom. The van der Waals surface area contributed by atoms with Crippen molar-refractivity contribution >= 4 is 29.5 Å². The molecule has 11 heteroatoms. The molecule has 0 saturated carbocycles. The summed E-state index contributed by atoms with van der Waals surface area (Å²) in [6.07, 6.45) is 2.90. The normalized spacial score (nSPS) is 12.3. The van der Waals surface area contributed by atoms with Crippen LogP contribution in [0.1, 0.15) is 52.9 Å². The summed E-state index contributed by atoms with van der Waals surface area (Å²) in [7, 11) is 0. The second kappa shape index (κ2) is 16.1. The van der Waals surface area contributed by atoms with Crippen LogP contribution in [0.3, 0.4) is 0 Å². The number of carbonyl (C=O) groups is 5. The first-order chi connectivity index (χ1) is 14.2. The quantitative estimate of drug-likeness (QED) is 0.169. The van der Waals surface area contributed by atoms with Gasteiger partial charge in [0.05, 0.1) is 13.1 Å². The van der Waals surface area contributed by atoms with Gasteiger partial charge in [0.2, 0.25) is 29.5 Å². The molecule has 30 heavy (non-hydrogen) atoms. The Hall–Kier alpha value is -2.69. The fourth-order valence-corrected chi connectivity index (χ4v) is 2.36. The molecular formula is C19H36N6O5. The van der Waals surface area contributed by atoms with E-state index >= 15 is 0 Å². The molecule has 0 heterocycles. The fraction of sp³-hybridized carbons (Fsp3) is 0.737. The van der Waals surface area contributed by atoms with Gasteiger partial charge in [0.25, 0.3) is 0 Å². The van der Waals surface area contributed by atoms with Crippen molar-refractivity contribution in [3.05, 3.63) is 0 Å². The lowest BCUT2D eigenvalue weighted by Gasteiger charge is -2.19. The third-order valence-corrected chi connectivity index (χ3v) is 4.11. The lowest BCUT2D eigenvalue weighted by Crippen LogP contribution is -2.52. The highest BCUT2D eigenvalue weighted by Gasteiger charge is 2.21. The van der Waals surface area contributed by atoms with E-state index < -0.39 is 29.8 Å². The van der Waals surface area contributed by atoms with E-state index in [0.29, 0.717) is 25.9 Å². The van der Waals surface area contributed by atoms with Crippen molar-refractivity contribution in [2.24, 2.45) is 5.73 Å². The van der Waals surface area contributed by atoms with Crippen LogP contribution in [-0.4, -0.2) is 67.8 Å². The minimum atomic E-state index is -0.892. The number of amides is 5. The van der Waals surface area contributed by atoms with Gasteiger partial charge in [0, 0.05) is 13.0 Å². The van der Waals surface area contributed by atoms with Gasteiger partial charge in [-0.15, -0.1) is 0 Å². The summed E-state index contributed by atoms with van der Waals surface area (Å²) in [4.78, 5) is 59.3. The molecule has 7 N–H and O–H groups in total. The largest absolute Gasteiger partial charge is 0.354 e. The molecule has 0 aromatic heterocycles. The molecule has 0 aliphatic carbocycles. The SMILES string of the molecule is CCCNC(=O)[C@H](CCCCN)NC(=O)CNC(=O)[C@H](C)NC(=O)CNC(=O)CC. The van der Waals surface area contributed by atoms with Gasteiger partial charge in [-0.3, -0.25) is 24.0 Å². The predicted octanol–water partition coefficient (Wildman–Crippen LogP) is -1.73. The van der Waals surface area contributed by atoms with E-state index in [1.165, 1.54) is 6.92 Å². The van der Waals surface area contributed by atoms with Gasteiger partial charge in [-0.2, -0.15) is 0 Å². The highest BCUT2D eigenvalue weighted by molar-refractivity contribution is 5.93. The molecule has 0 rings (SSSR count). The number of nitrogens with two attached hydrogens (primary N) is 1. The van der Waals surface area contributed by atoms with E-state index in [-0.39, 0.29) is 31.3 Å². The molecular weight excluding hydrogens is 392 g/mol. The average Bonchev–Trinajstić information content (AvgIpc) is 2.73. The second-order valence-electron chi connectivity index (χ2n) is 6.83. The average molecular weight is 429 g/mol. The van der Waals surface area contributed by atoms with Crippen LogP contribution in [0, 0.1) is 0 Å². The van der Waals surface area contributed by atoms with Crippen LogP contribution in [0.5, 0.6) is 0 Å². The van der Waals surface area contributed by atoms with Crippen LogP contribution in [0.4, 0.5) is 0 Å². The Balaban J connectivity index is 4.46. The van der Waals surface area contributed by atoms with Crippen molar-refractivity contribution in [3.63, 3.8) is 0 Å². The zero-order valence-electron chi connectivity index (χ0n) is 18.1. The first kappa shape index (κ1) is 27.3. The summed E-state index contributed by atoms with van der Waals surface area (Å²) in [6.45, 7) is 5.48. The van der Waals surface area contributed by atoms with Gasteiger partial charge >= 0.3 is 0 Å². The Kier molecular flexibility index (Phi) is 14.7. The maximum Gasteiger partial charge on any atom is 0.242 e. The summed E-state index contributed by atoms with van der Waals surface area (Å²) < 4.78 is 0. The monoisotopic (exact) mass is 428 g/mol. The van der Waals surface area contributed by atoms with Gasteiger partial charge in [0.1, 0.15) is 12.1 Å². The summed E-state index contributed by atoms with van der Waals surface area (Å²) >= 11 is 0. The minimum absolute atomic E-state index is 0.234. The van der Waals surface area contributed by atoms with Gasteiger partial charge < -0.3 is 32.3 Å². The summed E-state index contributed by atoms with van der Waals surface area (Å²) in [5.74, 6) is -2.14. The van der Waals surface area contributed by atoms with E-state index in [2.05, 4.69) is 26.6 Å². The molecule has 0 aliphatic rings. The molecule has 0 saturated heterocycles. The van der Waals surface area contributed by atoms with Crippen LogP contribution >= 0.6 is 0 Å². The number of hydrogen-bond donors (Lipinski definition) is 6. The molecule has 0 aliphatic heterocycles. The molecule has 0 spiro atoms. The van der Waals surface area contributed by atoms with Crippen LogP contribution in [0.15, 0.2) is 0 Å². The summed E-state index contributed by atoms with van der Waals surface area (Å²) in [5.41, 5.74) is 5.47. The van der Waals surface area contributed by atoms with Crippen molar-refractivity contribution in [3.8, 4) is 0 Å². The zero-order valence-corrected chi connectivity index (χ0v) is 18.1. The van der Waals surface area contributed by atoms with E-state index in [1.54, 1.807) is 6.92 Å². The fourth-order valence-electron chi connectivity index (χ4n) is 2.36. The molecule has 0 unspecified atom stereocenters. The Labute approximate surface area is 177 Å². The summed E-state index contributed by atoms with van der Waals surface area (Å²) in [5, 5.41) is 12.6. The summed E-state index contributed by atoms with van der Waals surface area (Å²) in [6, 6.07) is -1.59. The molecule has 0 bridgehead atoms. The van der Waals surface area contributed by atoms with E-state index in [9.17, 15) is 24.0 Å². The molecule has 11 nitrogen and oxygen atoms in total. The number of rotatable bonds is 15. The lowest BCUT2D eigenvalue weighted by molar-refractivity contribution is -0.131. The maximum atomic E-state index is 12.2. The minimum Gasteiger partial charge on any atom is -0.354 e. The maximum absolute atomic E-state index is 12.2. The van der Waals surface area contributed by atoms with Gasteiger partial charge in [-0.25, -0.2) is 0 Å². The van der Waals surface area contributed by atoms with E-state index in [1.807, 2.05) is 6.92 Å². The van der Waals surface area contributed by atoms with Crippen molar-refractivity contribution in [1.82, 2.24) is 26.6 Å². The smallest absolute Gasteiger partial charge is 0.242 e. The number of hydrogen-bond acceptors (Lipinski definition) is 6. The van der Waals surface area contributed by atoms with Crippen molar-refractivity contribution < 1.29 is 24.0 Å². The van der Waals surface area contributed by atoms with Crippen molar-refractivity contribution in [1.29, 1.82) is 0 Å². The first-order valence-electron chi connectivity index (χ1n) is 10.4. The third kappa shape index (κ3) is 12.7. The predicted molar refractivity (Wildman–Crippen MR) is 112 cm³/mol. The van der Waals surface area contributed by atoms with Gasteiger partial charge in [0.15, 0.2) is 0 Å². The van der Waals surface area contributed by atoms with Gasteiger partial charge in [-0.1, -0.05) is 13.8 Å². The number of nitrogens with one attached hydrogen (secondary N) is 5. The molecule has 2 atom stereocenters. The van der Waals surface area contributed by atoms with Crippen LogP contribution < -0.4 is 32.3 Å². The lowest BCUT2D eigenvalue weighted by atomic mass is 10.1. The topological polar surface area (TPSA) is 172 Å². The van der Waals surface area contributed by atoms with Crippen LogP contribution in [0.2, 0.25) is 0 Å². The standard InChI is InChI=1S/C19H36N6O5/c1-4-10-21-19(30)14(8-6-7-9-20)25-17(28)12-23-18(29)13(3)24-16(27)11-22-15(26)5-2/h13-14H,4-12,20H2,1-3H3,(H,21,30)(H,22,26)(H,23,29)(H,24,27)(H,25,28)/t13-,14-/m0/s1. The number of unbranched alkanes of at least 4 members (excludes halogenated alkanes) is 1. The van der Waals surface area contributed by atoms with Crippen molar-refractivity contribution in [2.75, 3.05) is 26.2 Å². The molecule has 0 aromatic rings. The van der Waals surface area contributed by atoms with E-state index in [0.717, 1.165) is 12.8 Å². The van der Waals surface area contributed by atoms with Crippen LogP contribution in [0.25, 0.3) is 0 Å². The highest BCUT2D eigenvalue weighted by atomic mass is 16.2. The van der Waals surface area contributed by atoms with E-state index in [4.69, 9.17) is 5.73 Å². The highest BCUT2D eigenvalue weighted by Crippen LogP contribution is 2.01. The van der Waals surface area contributed by atoms with Crippen LogP contribution in [-0.2, 0) is 24.0 Å². The van der Waals surface area contributed by atoms with Crippen molar-refractivity contribution in [2.45, 2.75) is 65.0 Å². The molecule has 0 fully saturated rings. The zero-order chi connectivity index (χ0) is 22.9. The second-order valence-corrected chi connectivity index (χ2v) is 6.83. The number of carbonyl (C=O) groups excluding carboxylic acids is 5. The molecule has 0 radical (unpaired) electrons. The van der Waals surface area contributed by atoms with Gasteiger partial charge in [-0.05, 0) is 39.2 Å². The Morgan fingerprint density at radius 2 is 1.43 bits per heavy atom. The third-order valence-electron chi connectivity index (χ3n) is 4.11. The Morgan fingerprint density at radius 3 is 2.03 bits per heavy atom. The Bertz CT molecular complexity index is 584. The molecule has 5 amide bonds.